The predicted octanol–water partition coefficient (Wildman–Crippen LogP) is 2.28. The van der Waals surface area contributed by atoms with Gasteiger partial charge in [0.25, 0.3) is 5.91 Å². The highest BCUT2D eigenvalue weighted by Gasteiger charge is 2.23. The summed E-state index contributed by atoms with van der Waals surface area (Å²) in [4.78, 5) is 19.0. The summed E-state index contributed by atoms with van der Waals surface area (Å²) in [6.45, 7) is 4.27. The Morgan fingerprint density at radius 2 is 2.04 bits per heavy atom. The molecule has 0 saturated carbocycles. The topological polar surface area (TPSA) is 65.5 Å². The number of hydrogen-bond donors (Lipinski definition) is 2. The number of carbonyl (C=O) groups is 1. The zero-order valence-corrected chi connectivity index (χ0v) is 13.4. The number of amides is 1. The summed E-state index contributed by atoms with van der Waals surface area (Å²) < 4.78 is 0. The molecule has 1 aromatic heterocycles. The number of nitrogens with one attached hydrogen (secondary N) is 1. The van der Waals surface area contributed by atoms with Crippen molar-refractivity contribution in [2.24, 2.45) is 0 Å². The number of pyridine rings is 1. The standard InChI is InChI=1S/C18H21N3O2/c1-18(2,12-22)20-17(23)14-7-5-9-16(19-14)21-11-10-13-6-3-4-8-15(13)21/h3-9,22H,10-12H2,1-2H3,(H,20,23). The average Bonchev–Trinajstić information content (AvgIpc) is 2.98. The van der Waals surface area contributed by atoms with Crippen molar-refractivity contribution in [1.29, 1.82) is 0 Å². The number of rotatable bonds is 4. The fourth-order valence-electron chi connectivity index (χ4n) is 2.69. The number of carbonyl (C=O) groups excluding carboxylic acids is 1. The van der Waals surface area contributed by atoms with Gasteiger partial charge >= 0.3 is 0 Å². The van der Waals surface area contributed by atoms with Crippen LogP contribution in [0.25, 0.3) is 0 Å². The Morgan fingerprint density at radius 3 is 2.83 bits per heavy atom. The van der Waals surface area contributed by atoms with E-state index < -0.39 is 5.54 Å². The Morgan fingerprint density at radius 1 is 1.26 bits per heavy atom. The van der Waals surface area contributed by atoms with E-state index in [1.807, 2.05) is 24.3 Å². The molecule has 1 aliphatic heterocycles. The van der Waals surface area contributed by atoms with E-state index in [1.54, 1.807) is 19.9 Å². The van der Waals surface area contributed by atoms with E-state index in [4.69, 9.17) is 0 Å². The smallest absolute Gasteiger partial charge is 0.270 e. The van der Waals surface area contributed by atoms with Gasteiger partial charge in [0.1, 0.15) is 11.5 Å². The summed E-state index contributed by atoms with van der Waals surface area (Å²) in [6, 6.07) is 13.7. The van der Waals surface area contributed by atoms with Crippen molar-refractivity contribution < 1.29 is 9.90 Å². The number of fused-ring (bicyclic) bond motifs is 1. The van der Waals surface area contributed by atoms with E-state index in [0.717, 1.165) is 24.5 Å². The highest BCUT2D eigenvalue weighted by molar-refractivity contribution is 5.93. The number of hydrogen-bond acceptors (Lipinski definition) is 4. The molecule has 23 heavy (non-hydrogen) atoms. The minimum Gasteiger partial charge on any atom is -0.394 e. The zero-order chi connectivity index (χ0) is 16.4. The lowest BCUT2D eigenvalue weighted by atomic mass is 10.1. The van der Waals surface area contributed by atoms with Crippen LogP contribution in [0.4, 0.5) is 11.5 Å². The van der Waals surface area contributed by atoms with E-state index in [9.17, 15) is 9.90 Å². The van der Waals surface area contributed by atoms with Gasteiger partial charge in [-0.1, -0.05) is 24.3 Å². The molecule has 2 aromatic rings. The Hall–Kier alpha value is -2.40. The molecule has 0 saturated heterocycles. The van der Waals surface area contributed by atoms with Crippen molar-refractivity contribution in [2.45, 2.75) is 25.8 Å². The third-order valence-electron chi connectivity index (χ3n) is 3.98. The van der Waals surface area contributed by atoms with Crippen LogP contribution in [0.1, 0.15) is 29.9 Å². The van der Waals surface area contributed by atoms with E-state index in [2.05, 4.69) is 27.3 Å². The van der Waals surface area contributed by atoms with Gasteiger partial charge in [-0.3, -0.25) is 4.79 Å². The number of aliphatic hydroxyl groups is 1. The van der Waals surface area contributed by atoms with Crippen molar-refractivity contribution >= 4 is 17.4 Å². The van der Waals surface area contributed by atoms with Crippen molar-refractivity contribution in [2.75, 3.05) is 18.1 Å². The Bertz CT molecular complexity index is 728. The molecule has 0 radical (unpaired) electrons. The molecule has 0 unspecified atom stereocenters. The molecule has 0 atom stereocenters. The SMILES string of the molecule is CC(C)(CO)NC(=O)c1cccc(N2CCc3ccccc32)n1. The maximum absolute atomic E-state index is 12.3. The maximum Gasteiger partial charge on any atom is 0.270 e. The number of aliphatic hydroxyl groups excluding tert-OH is 1. The number of aromatic nitrogens is 1. The first-order valence-corrected chi connectivity index (χ1v) is 7.76. The summed E-state index contributed by atoms with van der Waals surface area (Å²) in [7, 11) is 0. The fraction of sp³-hybridized carbons (Fsp3) is 0.333. The summed E-state index contributed by atoms with van der Waals surface area (Å²) in [5.41, 5.74) is 2.13. The quantitative estimate of drug-likeness (QED) is 0.909. The van der Waals surface area contributed by atoms with Gasteiger partial charge in [0, 0.05) is 12.2 Å². The summed E-state index contributed by atoms with van der Waals surface area (Å²) in [5, 5.41) is 12.1. The van der Waals surface area contributed by atoms with E-state index >= 15 is 0 Å². The van der Waals surface area contributed by atoms with Crippen LogP contribution in [0.2, 0.25) is 0 Å². The summed E-state index contributed by atoms with van der Waals surface area (Å²) >= 11 is 0. The monoisotopic (exact) mass is 311 g/mol. The van der Waals surface area contributed by atoms with Gasteiger partial charge in [-0.25, -0.2) is 4.98 Å². The van der Waals surface area contributed by atoms with Crippen LogP contribution in [0.3, 0.4) is 0 Å². The lowest BCUT2D eigenvalue weighted by molar-refractivity contribution is 0.0864. The van der Waals surface area contributed by atoms with Crippen LogP contribution >= 0.6 is 0 Å². The van der Waals surface area contributed by atoms with Crippen LogP contribution in [0.5, 0.6) is 0 Å². The predicted molar refractivity (Wildman–Crippen MR) is 90.0 cm³/mol. The highest BCUT2D eigenvalue weighted by atomic mass is 16.3. The molecule has 1 aliphatic rings. The van der Waals surface area contributed by atoms with Crippen molar-refractivity contribution in [3.63, 3.8) is 0 Å². The van der Waals surface area contributed by atoms with Crippen LogP contribution < -0.4 is 10.2 Å². The minimum atomic E-state index is -0.672. The molecule has 0 bridgehead atoms. The number of anilines is 2. The Labute approximate surface area is 136 Å². The van der Waals surface area contributed by atoms with Crippen LogP contribution in [0.15, 0.2) is 42.5 Å². The summed E-state index contributed by atoms with van der Waals surface area (Å²) in [5.74, 6) is 0.489. The lowest BCUT2D eigenvalue weighted by Gasteiger charge is -2.24. The molecule has 0 aliphatic carbocycles. The second-order valence-electron chi connectivity index (χ2n) is 6.41. The number of para-hydroxylation sites is 1. The minimum absolute atomic E-state index is 0.127. The van der Waals surface area contributed by atoms with E-state index in [1.165, 1.54) is 5.56 Å². The van der Waals surface area contributed by atoms with E-state index in [-0.39, 0.29) is 12.5 Å². The van der Waals surface area contributed by atoms with Crippen LogP contribution in [-0.2, 0) is 6.42 Å². The summed E-state index contributed by atoms with van der Waals surface area (Å²) in [6.07, 6.45) is 0.978. The second-order valence-corrected chi connectivity index (χ2v) is 6.41. The van der Waals surface area contributed by atoms with Gasteiger partial charge < -0.3 is 15.3 Å². The number of benzene rings is 1. The second kappa shape index (κ2) is 6.01. The first kappa shape index (κ1) is 15.5. The van der Waals surface area contributed by atoms with Crippen molar-refractivity contribution in [3.05, 3.63) is 53.7 Å². The van der Waals surface area contributed by atoms with Crippen molar-refractivity contribution in [1.82, 2.24) is 10.3 Å². The molecule has 2 heterocycles. The molecule has 5 heteroatoms. The average molecular weight is 311 g/mol. The molecule has 1 amide bonds. The van der Waals surface area contributed by atoms with Crippen LogP contribution in [-0.4, -0.2) is 34.7 Å². The maximum atomic E-state index is 12.3. The first-order chi connectivity index (χ1) is 11.0. The van der Waals surface area contributed by atoms with Gasteiger partial charge in [0.2, 0.25) is 0 Å². The molecule has 2 N–H and O–H groups in total. The molecule has 1 aromatic carbocycles. The third-order valence-corrected chi connectivity index (χ3v) is 3.98. The highest BCUT2D eigenvalue weighted by Crippen LogP contribution is 2.33. The molecule has 3 rings (SSSR count). The normalized spacial score (nSPS) is 13.8. The molecular weight excluding hydrogens is 290 g/mol. The molecular formula is C18H21N3O2. The Balaban J connectivity index is 1.85. The molecule has 0 fully saturated rings. The lowest BCUT2D eigenvalue weighted by Crippen LogP contribution is -2.46. The largest absolute Gasteiger partial charge is 0.394 e. The Kier molecular flexibility index (Phi) is 4.05. The molecule has 0 spiro atoms. The molecule has 5 nitrogen and oxygen atoms in total. The first-order valence-electron chi connectivity index (χ1n) is 7.76. The van der Waals surface area contributed by atoms with E-state index in [0.29, 0.717) is 5.69 Å². The van der Waals surface area contributed by atoms with Crippen molar-refractivity contribution in [3.8, 4) is 0 Å². The number of nitrogens with zero attached hydrogens (tertiary/aromatic N) is 2. The van der Waals surface area contributed by atoms with Gasteiger partial charge in [-0.15, -0.1) is 0 Å². The van der Waals surface area contributed by atoms with Gasteiger partial charge in [-0.05, 0) is 44.0 Å². The van der Waals surface area contributed by atoms with Gasteiger partial charge in [-0.2, -0.15) is 0 Å². The third kappa shape index (κ3) is 3.19. The van der Waals surface area contributed by atoms with Crippen LogP contribution in [0, 0.1) is 0 Å². The molecule has 120 valence electrons. The van der Waals surface area contributed by atoms with Gasteiger partial charge in [0.15, 0.2) is 0 Å². The fourth-order valence-corrected chi connectivity index (χ4v) is 2.69. The zero-order valence-electron chi connectivity index (χ0n) is 13.4. The van der Waals surface area contributed by atoms with Gasteiger partial charge in [0.05, 0.1) is 12.1 Å².